The minimum atomic E-state index is 0. The standard InChI is InChI=1S/C36H62N2O2.2BrH/c1-3-5-7-9-11-13-15-17-19-21-31-39-35-25-23-27-37(33-35)29-30-38-28-24-26-36(34-38)40-32-22-20-18-16-14-12-10-8-6-4-2;;/h23-28,33-34H,3-22,29-32H2,1-2H3;2*1H/q+2;;/p-2. The molecule has 2 aromatic rings. The molecule has 4 nitrogen and oxygen atoms in total. The Labute approximate surface area is 280 Å². The summed E-state index contributed by atoms with van der Waals surface area (Å²) >= 11 is 0. The average Bonchev–Trinajstić information content (AvgIpc) is 2.98. The fraction of sp³-hybridized carbons (Fsp3) is 0.722. The summed E-state index contributed by atoms with van der Waals surface area (Å²) in [7, 11) is 0. The number of pyridine rings is 2. The van der Waals surface area contributed by atoms with Gasteiger partial charge in [0.2, 0.25) is 25.5 Å². The van der Waals surface area contributed by atoms with Gasteiger partial charge in [-0.1, -0.05) is 129 Å². The zero-order valence-corrected chi connectivity index (χ0v) is 30.2. The van der Waals surface area contributed by atoms with E-state index in [0.29, 0.717) is 0 Å². The molecule has 0 aliphatic heterocycles. The summed E-state index contributed by atoms with van der Waals surface area (Å²) in [6.45, 7) is 8.00. The summed E-state index contributed by atoms with van der Waals surface area (Å²) in [5.74, 6) is 1.94. The number of halogens is 2. The molecule has 42 heavy (non-hydrogen) atoms. The maximum Gasteiger partial charge on any atom is 0.211 e. The van der Waals surface area contributed by atoms with Crippen LogP contribution in [0.25, 0.3) is 0 Å². The number of aromatic nitrogens is 2. The van der Waals surface area contributed by atoms with E-state index < -0.39 is 0 Å². The number of unbranched alkanes of at least 4 members (excludes halogenated alkanes) is 18. The summed E-state index contributed by atoms with van der Waals surface area (Å²) in [6.07, 6.45) is 35.5. The molecule has 2 aromatic heterocycles. The van der Waals surface area contributed by atoms with Crippen LogP contribution in [0.2, 0.25) is 0 Å². The molecule has 0 aromatic carbocycles. The Morgan fingerprint density at radius 2 is 0.762 bits per heavy atom. The van der Waals surface area contributed by atoms with Gasteiger partial charge < -0.3 is 43.4 Å². The molecule has 6 heteroatoms. The van der Waals surface area contributed by atoms with Gasteiger partial charge in [-0.15, -0.1) is 0 Å². The van der Waals surface area contributed by atoms with Crippen molar-refractivity contribution in [3.8, 4) is 11.5 Å². The molecule has 0 unspecified atom stereocenters. The van der Waals surface area contributed by atoms with Crippen molar-refractivity contribution in [1.82, 2.24) is 0 Å². The summed E-state index contributed by atoms with van der Waals surface area (Å²) < 4.78 is 16.5. The van der Waals surface area contributed by atoms with Gasteiger partial charge in [-0.05, 0) is 25.0 Å². The quantitative estimate of drug-likeness (QED) is 0.105. The van der Waals surface area contributed by atoms with Crippen LogP contribution in [0.5, 0.6) is 11.5 Å². The van der Waals surface area contributed by atoms with Crippen molar-refractivity contribution in [2.75, 3.05) is 13.2 Å². The number of rotatable bonds is 27. The van der Waals surface area contributed by atoms with Crippen LogP contribution in [0.15, 0.2) is 49.1 Å². The van der Waals surface area contributed by atoms with Crippen molar-refractivity contribution < 1.29 is 52.6 Å². The molecule has 0 aliphatic rings. The molecular formula is C36H62Br2N2O2. The van der Waals surface area contributed by atoms with Crippen molar-refractivity contribution in [3.05, 3.63) is 49.1 Å². The number of hydrogen-bond donors (Lipinski definition) is 0. The Morgan fingerprint density at radius 3 is 1.10 bits per heavy atom. The molecule has 0 saturated heterocycles. The molecular weight excluding hydrogens is 652 g/mol. The van der Waals surface area contributed by atoms with Crippen LogP contribution in [0.3, 0.4) is 0 Å². The van der Waals surface area contributed by atoms with E-state index in [1.165, 1.54) is 116 Å². The Bertz CT molecular complexity index is 783. The van der Waals surface area contributed by atoms with Gasteiger partial charge in [-0.2, -0.15) is 9.13 Å². The van der Waals surface area contributed by atoms with E-state index >= 15 is 0 Å². The van der Waals surface area contributed by atoms with E-state index in [-0.39, 0.29) is 34.0 Å². The molecule has 2 heterocycles. The van der Waals surface area contributed by atoms with Crippen LogP contribution in [0.4, 0.5) is 0 Å². The molecule has 242 valence electrons. The highest BCUT2D eigenvalue weighted by Crippen LogP contribution is 2.13. The number of nitrogens with zero attached hydrogens (tertiary/aromatic N) is 2. The van der Waals surface area contributed by atoms with Gasteiger partial charge in [0.05, 0.1) is 13.2 Å². The molecule has 0 radical (unpaired) electrons. The lowest BCUT2D eigenvalue weighted by Gasteiger charge is -2.06. The molecule has 0 atom stereocenters. The molecule has 0 saturated carbocycles. The second-order valence-electron chi connectivity index (χ2n) is 11.6. The topological polar surface area (TPSA) is 26.2 Å². The van der Waals surface area contributed by atoms with E-state index in [1.807, 2.05) is 0 Å². The first-order valence-corrected chi connectivity index (χ1v) is 17.1. The van der Waals surface area contributed by atoms with E-state index in [4.69, 9.17) is 9.47 Å². The van der Waals surface area contributed by atoms with Crippen molar-refractivity contribution in [2.24, 2.45) is 0 Å². The second-order valence-corrected chi connectivity index (χ2v) is 11.6. The third-order valence-corrected chi connectivity index (χ3v) is 7.81. The van der Waals surface area contributed by atoms with Gasteiger partial charge in [0.1, 0.15) is 0 Å². The maximum atomic E-state index is 6.05. The lowest BCUT2D eigenvalue weighted by Crippen LogP contribution is -3.00. The first-order chi connectivity index (χ1) is 19.8. The van der Waals surface area contributed by atoms with E-state index in [2.05, 4.69) is 72.0 Å². The zero-order chi connectivity index (χ0) is 28.4. The summed E-state index contributed by atoms with van der Waals surface area (Å²) in [5.41, 5.74) is 0. The predicted molar refractivity (Wildman–Crippen MR) is 168 cm³/mol. The zero-order valence-electron chi connectivity index (χ0n) is 27.1. The molecule has 0 N–H and O–H groups in total. The minimum absolute atomic E-state index is 0. The van der Waals surface area contributed by atoms with Crippen LogP contribution in [-0.2, 0) is 13.1 Å². The third kappa shape index (κ3) is 22.4. The van der Waals surface area contributed by atoms with E-state index in [1.54, 1.807) is 0 Å². The van der Waals surface area contributed by atoms with Crippen molar-refractivity contribution >= 4 is 0 Å². The van der Waals surface area contributed by atoms with Gasteiger partial charge in [0.15, 0.2) is 23.9 Å². The van der Waals surface area contributed by atoms with Crippen molar-refractivity contribution in [2.45, 2.75) is 155 Å². The minimum Gasteiger partial charge on any atom is -1.00 e. The SMILES string of the molecule is CCCCCCCCCCCCOc1ccc[n+](CC[n+]2cccc(OCCCCCCCCCCCC)c2)c1.[Br-].[Br-]. The summed E-state index contributed by atoms with van der Waals surface area (Å²) in [6, 6.07) is 8.32. The number of ether oxygens (including phenoxy) is 2. The van der Waals surface area contributed by atoms with Gasteiger partial charge in [0.25, 0.3) is 0 Å². The molecule has 0 fully saturated rings. The Kier molecular flexibility index (Phi) is 29.1. The highest BCUT2D eigenvalue weighted by atomic mass is 79.9. The van der Waals surface area contributed by atoms with Gasteiger partial charge in [-0.3, -0.25) is 0 Å². The highest BCUT2D eigenvalue weighted by Gasteiger charge is 2.09. The lowest BCUT2D eigenvalue weighted by molar-refractivity contribution is -0.778. The predicted octanol–water partition coefficient (Wildman–Crippen LogP) is 3.57. The fourth-order valence-electron chi connectivity index (χ4n) is 5.23. The van der Waals surface area contributed by atoms with Gasteiger partial charge in [0, 0.05) is 12.1 Å². The third-order valence-electron chi connectivity index (χ3n) is 7.81. The maximum absolute atomic E-state index is 6.05. The molecule has 2 rings (SSSR count). The van der Waals surface area contributed by atoms with Crippen molar-refractivity contribution in [3.63, 3.8) is 0 Å². The summed E-state index contributed by atoms with van der Waals surface area (Å²) in [4.78, 5) is 0. The molecule has 0 spiro atoms. The van der Waals surface area contributed by atoms with Crippen LogP contribution < -0.4 is 52.6 Å². The van der Waals surface area contributed by atoms with Crippen LogP contribution in [0.1, 0.15) is 142 Å². The Morgan fingerprint density at radius 1 is 0.452 bits per heavy atom. The van der Waals surface area contributed by atoms with Gasteiger partial charge >= 0.3 is 0 Å². The Balaban J connectivity index is 0.00000840. The van der Waals surface area contributed by atoms with Gasteiger partial charge in [-0.25, -0.2) is 0 Å². The van der Waals surface area contributed by atoms with Crippen LogP contribution in [0, 0.1) is 0 Å². The highest BCUT2D eigenvalue weighted by molar-refractivity contribution is 5.13. The largest absolute Gasteiger partial charge is 1.00 e. The first kappa shape index (κ1) is 40.9. The van der Waals surface area contributed by atoms with Crippen LogP contribution in [-0.4, -0.2) is 13.2 Å². The second kappa shape index (κ2) is 29.9. The molecule has 0 aliphatic carbocycles. The summed E-state index contributed by atoms with van der Waals surface area (Å²) in [5, 5.41) is 0. The van der Waals surface area contributed by atoms with E-state index in [0.717, 1.165) is 50.6 Å². The van der Waals surface area contributed by atoms with Crippen molar-refractivity contribution in [1.29, 1.82) is 0 Å². The van der Waals surface area contributed by atoms with E-state index in [9.17, 15) is 0 Å². The monoisotopic (exact) mass is 712 g/mol. The average molecular weight is 715 g/mol. The molecule has 0 bridgehead atoms. The number of hydrogen-bond acceptors (Lipinski definition) is 2. The lowest BCUT2D eigenvalue weighted by atomic mass is 10.1. The fourth-order valence-corrected chi connectivity index (χ4v) is 5.23. The molecule has 0 amide bonds. The number of aryl methyl sites for hydroxylation is 2. The smallest absolute Gasteiger partial charge is 0.211 e. The first-order valence-electron chi connectivity index (χ1n) is 17.1. The van der Waals surface area contributed by atoms with Crippen LogP contribution >= 0.6 is 0 Å². The normalized spacial score (nSPS) is 10.6. The Hall–Kier alpha value is -1.14.